The van der Waals surface area contributed by atoms with Gasteiger partial charge in [-0.25, -0.2) is 0 Å². The molecule has 0 spiro atoms. The standard InChI is InChI=1S/C9H18N4O2/c1-13-9(6-11-12-13)5-10-8(3-4-14)7-15-2/h6,8,10,14H,3-5,7H2,1-2H3. The largest absolute Gasteiger partial charge is 0.396 e. The first kappa shape index (κ1) is 12.1. The molecule has 1 rings (SSSR count). The number of rotatable bonds is 7. The summed E-state index contributed by atoms with van der Waals surface area (Å²) in [6, 6.07) is 0.162. The van der Waals surface area contributed by atoms with Gasteiger partial charge in [-0.15, -0.1) is 5.10 Å². The molecule has 0 fully saturated rings. The second kappa shape index (κ2) is 6.49. The highest BCUT2D eigenvalue weighted by molar-refractivity contribution is 4.92. The molecule has 1 aromatic heterocycles. The maximum atomic E-state index is 8.85. The predicted octanol–water partition coefficient (Wildman–Crippen LogP) is -0.698. The average Bonchev–Trinajstić information content (AvgIpc) is 2.61. The van der Waals surface area contributed by atoms with Crippen molar-refractivity contribution < 1.29 is 9.84 Å². The lowest BCUT2D eigenvalue weighted by Crippen LogP contribution is -2.34. The molecule has 1 unspecified atom stereocenters. The van der Waals surface area contributed by atoms with Gasteiger partial charge in [0.2, 0.25) is 0 Å². The van der Waals surface area contributed by atoms with Crippen LogP contribution in [0.3, 0.4) is 0 Å². The predicted molar refractivity (Wildman–Crippen MR) is 55.2 cm³/mol. The Hall–Kier alpha value is -0.980. The lowest BCUT2D eigenvalue weighted by atomic mass is 10.2. The molecule has 0 saturated carbocycles. The number of hydrogen-bond acceptors (Lipinski definition) is 5. The Balaban J connectivity index is 2.36. The van der Waals surface area contributed by atoms with Crippen molar-refractivity contribution in [2.75, 3.05) is 20.3 Å². The lowest BCUT2D eigenvalue weighted by Gasteiger charge is -2.16. The summed E-state index contributed by atoms with van der Waals surface area (Å²) < 4.78 is 6.76. The minimum atomic E-state index is 0.157. The minimum absolute atomic E-state index is 0.157. The van der Waals surface area contributed by atoms with Crippen molar-refractivity contribution in [2.24, 2.45) is 7.05 Å². The fourth-order valence-corrected chi connectivity index (χ4v) is 1.32. The van der Waals surface area contributed by atoms with Crippen molar-refractivity contribution in [3.63, 3.8) is 0 Å². The molecule has 0 aromatic carbocycles. The van der Waals surface area contributed by atoms with E-state index in [2.05, 4.69) is 15.6 Å². The summed E-state index contributed by atoms with van der Waals surface area (Å²) in [5.74, 6) is 0. The Labute approximate surface area is 89.2 Å². The SMILES string of the molecule is COCC(CCO)NCc1cnnn1C. The summed E-state index contributed by atoms with van der Waals surface area (Å²) in [7, 11) is 3.50. The van der Waals surface area contributed by atoms with Crippen LogP contribution in [0.5, 0.6) is 0 Å². The Bertz CT molecular complexity index is 271. The van der Waals surface area contributed by atoms with E-state index in [1.54, 1.807) is 18.0 Å². The van der Waals surface area contributed by atoms with Gasteiger partial charge in [0.05, 0.1) is 18.5 Å². The molecular weight excluding hydrogens is 196 g/mol. The van der Waals surface area contributed by atoms with Crippen molar-refractivity contribution in [1.29, 1.82) is 0 Å². The average molecular weight is 214 g/mol. The van der Waals surface area contributed by atoms with E-state index in [-0.39, 0.29) is 12.6 Å². The van der Waals surface area contributed by atoms with Crippen molar-refractivity contribution in [3.8, 4) is 0 Å². The molecule has 15 heavy (non-hydrogen) atoms. The number of hydrogen-bond donors (Lipinski definition) is 2. The Morgan fingerprint density at radius 2 is 2.47 bits per heavy atom. The second-order valence-electron chi connectivity index (χ2n) is 3.39. The topological polar surface area (TPSA) is 72.2 Å². The first-order chi connectivity index (χ1) is 7.27. The van der Waals surface area contributed by atoms with Crippen LogP contribution in [0, 0.1) is 0 Å². The zero-order valence-corrected chi connectivity index (χ0v) is 9.18. The van der Waals surface area contributed by atoms with E-state index in [4.69, 9.17) is 9.84 Å². The highest BCUT2D eigenvalue weighted by Gasteiger charge is 2.08. The second-order valence-corrected chi connectivity index (χ2v) is 3.39. The molecule has 6 heteroatoms. The normalized spacial score (nSPS) is 13.0. The number of aliphatic hydroxyl groups excluding tert-OH is 1. The fourth-order valence-electron chi connectivity index (χ4n) is 1.32. The van der Waals surface area contributed by atoms with Crippen LogP contribution in [0.2, 0.25) is 0 Å². The molecular formula is C9H18N4O2. The van der Waals surface area contributed by atoms with Gasteiger partial charge in [0.25, 0.3) is 0 Å². The van der Waals surface area contributed by atoms with Gasteiger partial charge in [-0.2, -0.15) is 0 Å². The van der Waals surface area contributed by atoms with Crippen LogP contribution in [0.4, 0.5) is 0 Å². The molecule has 1 atom stereocenters. The minimum Gasteiger partial charge on any atom is -0.396 e. The summed E-state index contributed by atoms with van der Waals surface area (Å²) in [5, 5.41) is 19.7. The number of ether oxygens (including phenoxy) is 1. The monoisotopic (exact) mass is 214 g/mol. The van der Waals surface area contributed by atoms with Crippen LogP contribution in [0.1, 0.15) is 12.1 Å². The van der Waals surface area contributed by atoms with Crippen LogP contribution < -0.4 is 5.32 Å². The summed E-state index contributed by atoms with van der Waals surface area (Å²) in [6.45, 7) is 1.42. The number of aryl methyl sites for hydroxylation is 1. The molecule has 0 radical (unpaired) electrons. The zero-order chi connectivity index (χ0) is 11.1. The van der Waals surface area contributed by atoms with Crippen LogP contribution >= 0.6 is 0 Å². The molecule has 1 aromatic rings. The molecule has 1 heterocycles. The van der Waals surface area contributed by atoms with E-state index < -0.39 is 0 Å². The van der Waals surface area contributed by atoms with E-state index in [0.717, 1.165) is 5.69 Å². The molecule has 0 saturated heterocycles. The smallest absolute Gasteiger partial charge is 0.0738 e. The summed E-state index contributed by atoms with van der Waals surface area (Å²) in [6.07, 6.45) is 2.40. The van der Waals surface area contributed by atoms with Gasteiger partial charge in [-0.1, -0.05) is 5.21 Å². The van der Waals surface area contributed by atoms with E-state index >= 15 is 0 Å². The fraction of sp³-hybridized carbons (Fsp3) is 0.778. The molecule has 0 aliphatic heterocycles. The van der Waals surface area contributed by atoms with Crippen LogP contribution in [-0.4, -0.2) is 46.5 Å². The van der Waals surface area contributed by atoms with E-state index in [0.29, 0.717) is 19.6 Å². The summed E-state index contributed by atoms with van der Waals surface area (Å²) >= 11 is 0. The molecule has 0 aliphatic rings. The third-order valence-electron chi connectivity index (χ3n) is 2.23. The van der Waals surface area contributed by atoms with Crippen molar-refractivity contribution in [2.45, 2.75) is 19.0 Å². The molecule has 6 nitrogen and oxygen atoms in total. The summed E-state index contributed by atoms with van der Waals surface area (Å²) in [4.78, 5) is 0. The van der Waals surface area contributed by atoms with Gasteiger partial charge >= 0.3 is 0 Å². The van der Waals surface area contributed by atoms with E-state index in [1.165, 1.54) is 0 Å². The number of aromatic nitrogens is 3. The van der Waals surface area contributed by atoms with E-state index in [9.17, 15) is 0 Å². The van der Waals surface area contributed by atoms with Gasteiger partial charge in [0.1, 0.15) is 0 Å². The number of nitrogens with zero attached hydrogens (tertiary/aromatic N) is 3. The molecule has 2 N–H and O–H groups in total. The zero-order valence-electron chi connectivity index (χ0n) is 9.18. The van der Waals surface area contributed by atoms with Gasteiger partial charge in [0.15, 0.2) is 0 Å². The van der Waals surface area contributed by atoms with Crippen LogP contribution in [0.15, 0.2) is 6.20 Å². The quantitative estimate of drug-likeness (QED) is 0.628. The van der Waals surface area contributed by atoms with Gasteiger partial charge < -0.3 is 15.2 Å². The Morgan fingerprint density at radius 1 is 1.67 bits per heavy atom. The lowest BCUT2D eigenvalue weighted by molar-refractivity contribution is 0.147. The Morgan fingerprint density at radius 3 is 3.00 bits per heavy atom. The van der Waals surface area contributed by atoms with Crippen LogP contribution in [-0.2, 0) is 18.3 Å². The number of methoxy groups -OCH3 is 1. The first-order valence-corrected chi connectivity index (χ1v) is 4.94. The maximum absolute atomic E-state index is 8.85. The molecule has 86 valence electrons. The van der Waals surface area contributed by atoms with Gasteiger partial charge in [-0.05, 0) is 6.42 Å². The van der Waals surface area contributed by atoms with E-state index in [1.807, 2.05) is 7.05 Å². The van der Waals surface area contributed by atoms with Crippen molar-refractivity contribution >= 4 is 0 Å². The third-order valence-corrected chi connectivity index (χ3v) is 2.23. The van der Waals surface area contributed by atoms with Crippen molar-refractivity contribution in [3.05, 3.63) is 11.9 Å². The number of aliphatic hydroxyl groups is 1. The maximum Gasteiger partial charge on any atom is 0.0738 e. The molecule has 0 bridgehead atoms. The molecule has 0 aliphatic carbocycles. The third kappa shape index (κ3) is 3.94. The highest BCUT2D eigenvalue weighted by Crippen LogP contribution is 1.97. The van der Waals surface area contributed by atoms with Gasteiger partial charge in [-0.3, -0.25) is 4.68 Å². The number of nitrogens with one attached hydrogen (secondary N) is 1. The Kier molecular flexibility index (Phi) is 5.23. The van der Waals surface area contributed by atoms with Gasteiger partial charge in [0, 0.05) is 33.4 Å². The summed E-state index contributed by atoms with van der Waals surface area (Å²) in [5.41, 5.74) is 1.01. The molecule has 0 amide bonds. The highest BCUT2D eigenvalue weighted by atomic mass is 16.5. The van der Waals surface area contributed by atoms with Crippen LogP contribution in [0.25, 0.3) is 0 Å². The first-order valence-electron chi connectivity index (χ1n) is 4.94. The van der Waals surface area contributed by atoms with Crippen molar-refractivity contribution in [1.82, 2.24) is 20.3 Å².